The molecule has 2 heterocycles. The number of rotatable bonds is 6. The van der Waals surface area contributed by atoms with Crippen molar-refractivity contribution in [2.45, 2.75) is 72.5 Å². The molecule has 0 bridgehead atoms. The fraction of sp³-hybridized carbons (Fsp3) is 0.824. The predicted molar refractivity (Wildman–Crippen MR) is 86.0 cm³/mol. The van der Waals surface area contributed by atoms with Gasteiger partial charge in [-0.25, -0.2) is 0 Å². The van der Waals surface area contributed by atoms with Crippen molar-refractivity contribution in [1.29, 1.82) is 0 Å². The highest BCUT2D eigenvalue weighted by molar-refractivity contribution is 5.06. The summed E-state index contributed by atoms with van der Waals surface area (Å²) < 4.78 is 5.50. The zero-order chi connectivity index (χ0) is 15.5. The highest BCUT2D eigenvalue weighted by Crippen LogP contribution is 2.37. The lowest BCUT2D eigenvalue weighted by atomic mass is 9.82. The Balaban J connectivity index is 1.86. The molecule has 1 fully saturated rings. The molecule has 0 amide bonds. The van der Waals surface area contributed by atoms with Gasteiger partial charge in [-0.05, 0) is 52.0 Å². The van der Waals surface area contributed by atoms with Crippen LogP contribution in [0.1, 0.15) is 65.3 Å². The molecule has 0 radical (unpaired) electrons. The Morgan fingerprint density at radius 2 is 2.05 bits per heavy atom. The van der Waals surface area contributed by atoms with Crippen molar-refractivity contribution in [3.8, 4) is 0 Å². The van der Waals surface area contributed by atoms with Crippen LogP contribution in [-0.4, -0.2) is 28.7 Å². The molecule has 1 saturated heterocycles. The first-order chi connectivity index (χ1) is 9.86. The number of nitrogens with one attached hydrogen (secondary N) is 1. The van der Waals surface area contributed by atoms with E-state index in [1.807, 2.05) is 0 Å². The molecule has 0 saturated carbocycles. The molecule has 21 heavy (non-hydrogen) atoms. The zero-order valence-corrected chi connectivity index (χ0v) is 14.3. The first-order valence-electron chi connectivity index (χ1n) is 8.28. The molecule has 0 aromatic carbocycles. The molecule has 1 N–H and O–H groups in total. The van der Waals surface area contributed by atoms with Crippen molar-refractivity contribution in [2.24, 2.45) is 5.41 Å². The van der Waals surface area contributed by atoms with Gasteiger partial charge in [0.25, 0.3) is 0 Å². The van der Waals surface area contributed by atoms with E-state index in [1.165, 1.54) is 32.4 Å². The third-order valence-electron chi connectivity index (χ3n) is 4.80. The highest BCUT2D eigenvalue weighted by Gasteiger charge is 2.35. The van der Waals surface area contributed by atoms with Crippen molar-refractivity contribution in [3.63, 3.8) is 0 Å². The van der Waals surface area contributed by atoms with E-state index < -0.39 is 0 Å². The molecule has 1 aromatic rings. The first kappa shape index (κ1) is 16.5. The molecular formula is C17H31N3O. The van der Waals surface area contributed by atoms with E-state index in [2.05, 4.69) is 56.1 Å². The monoisotopic (exact) mass is 293 g/mol. The van der Waals surface area contributed by atoms with Gasteiger partial charge in [0.1, 0.15) is 0 Å². The minimum Gasteiger partial charge on any atom is -0.360 e. The Bertz CT molecular complexity index is 443. The van der Waals surface area contributed by atoms with Gasteiger partial charge in [0.2, 0.25) is 0 Å². The molecule has 2 rings (SSSR count). The smallest absolute Gasteiger partial charge is 0.151 e. The summed E-state index contributed by atoms with van der Waals surface area (Å²) in [5, 5.41) is 7.61. The van der Waals surface area contributed by atoms with Crippen LogP contribution in [0.3, 0.4) is 0 Å². The van der Waals surface area contributed by atoms with E-state index in [4.69, 9.17) is 4.52 Å². The van der Waals surface area contributed by atoms with Gasteiger partial charge in [-0.1, -0.05) is 19.0 Å². The third kappa shape index (κ3) is 4.55. The normalized spacial score (nSPS) is 19.3. The summed E-state index contributed by atoms with van der Waals surface area (Å²) in [4.78, 5) is 2.51. The van der Waals surface area contributed by atoms with E-state index >= 15 is 0 Å². The van der Waals surface area contributed by atoms with E-state index in [1.54, 1.807) is 0 Å². The zero-order valence-electron chi connectivity index (χ0n) is 14.3. The number of hydrogen-bond donors (Lipinski definition) is 1. The first-order valence-corrected chi connectivity index (χ1v) is 8.28. The Morgan fingerprint density at radius 1 is 1.33 bits per heavy atom. The van der Waals surface area contributed by atoms with E-state index in [9.17, 15) is 0 Å². The van der Waals surface area contributed by atoms with Crippen LogP contribution in [-0.2, 0) is 13.1 Å². The minimum atomic E-state index is 0.107. The molecule has 4 nitrogen and oxygen atoms in total. The minimum absolute atomic E-state index is 0.107. The molecule has 0 atom stereocenters. The van der Waals surface area contributed by atoms with E-state index in [0.29, 0.717) is 5.41 Å². The predicted octanol–water partition coefficient (Wildman–Crippen LogP) is 3.57. The largest absolute Gasteiger partial charge is 0.360 e. The molecule has 120 valence electrons. The molecule has 0 aliphatic carbocycles. The lowest BCUT2D eigenvalue weighted by Crippen LogP contribution is -2.35. The maximum atomic E-state index is 5.50. The number of aromatic nitrogens is 1. The maximum absolute atomic E-state index is 5.50. The summed E-state index contributed by atoms with van der Waals surface area (Å²) in [6, 6.07) is 2.09. The van der Waals surface area contributed by atoms with Crippen molar-refractivity contribution in [3.05, 3.63) is 17.5 Å². The average molecular weight is 293 g/mol. The topological polar surface area (TPSA) is 41.3 Å². The van der Waals surface area contributed by atoms with Gasteiger partial charge in [0.05, 0.1) is 12.2 Å². The Hall–Kier alpha value is -0.870. The maximum Gasteiger partial charge on any atom is 0.151 e. The van der Waals surface area contributed by atoms with Gasteiger partial charge in [0.15, 0.2) is 5.76 Å². The second-order valence-electron chi connectivity index (χ2n) is 7.56. The van der Waals surface area contributed by atoms with Crippen molar-refractivity contribution >= 4 is 0 Å². The second-order valence-corrected chi connectivity index (χ2v) is 7.56. The molecule has 4 heteroatoms. The second kappa shape index (κ2) is 6.49. The fourth-order valence-corrected chi connectivity index (χ4v) is 3.08. The lowest BCUT2D eigenvalue weighted by Gasteiger charge is -2.26. The Morgan fingerprint density at radius 3 is 2.62 bits per heavy atom. The van der Waals surface area contributed by atoms with Crippen LogP contribution in [0.25, 0.3) is 0 Å². The van der Waals surface area contributed by atoms with Crippen LogP contribution >= 0.6 is 0 Å². The van der Waals surface area contributed by atoms with Crippen LogP contribution < -0.4 is 5.32 Å². The van der Waals surface area contributed by atoms with Gasteiger partial charge < -0.3 is 9.84 Å². The third-order valence-corrected chi connectivity index (χ3v) is 4.80. The number of likely N-dealkylation sites (tertiary alicyclic amines) is 1. The summed E-state index contributed by atoms with van der Waals surface area (Å²) >= 11 is 0. The molecule has 1 aliphatic rings. The highest BCUT2D eigenvalue weighted by atomic mass is 16.5. The summed E-state index contributed by atoms with van der Waals surface area (Å²) in [5.74, 6) is 0.990. The lowest BCUT2D eigenvalue weighted by molar-refractivity contribution is 0.218. The van der Waals surface area contributed by atoms with E-state index in [-0.39, 0.29) is 5.54 Å². The fourth-order valence-electron chi connectivity index (χ4n) is 3.08. The van der Waals surface area contributed by atoms with Gasteiger partial charge in [-0.2, -0.15) is 0 Å². The standard InChI is InChI=1S/C17H31N3O/c1-6-17(7-2)8-9-20(13-17)12-15-10-14(19-21-15)11-18-16(3,4)5/h10,18H,6-9,11-13H2,1-5H3. The van der Waals surface area contributed by atoms with Gasteiger partial charge in [-0.15, -0.1) is 0 Å². The quantitative estimate of drug-likeness (QED) is 0.870. The number of hydrogen-bond acceptors (Lipinski definition) is 4. The summed E-state index contributed by atoms with van der Waals surface area (Å²) in [5.41, 5.74) is 1.63. The molecule has 1 aromatic heterocycles. The van der Waals surface area contributed by atoms with Crippen molar-refractivity contribution < 1.29 is 4.52 Å². The van der Waals surface area contributed by atoms with Gasteiger partial charge >= 0.3 is 0 Å². The average Bonchev–Trinajstić information content (AvgIpc) is 3.04. The molecule has 1 aliphatic heterocycles. The van der Waals surface area contributed by atoms with Crippen molar-refractivity contribution in [2.75, 3.05) is 13.1 Å². The summed E-state index contributed by atoms with van der Waals surface area (Å²) in [7, 11) is 0. The Labute approximate surface area is 129 Å². The van der Waals surface area contributed by atoms with E-state index in [0.717, 1.165) is 24.5 Å². The molecule has 0 unspecified atom stereocenters. The van der Waals surface area contributed by atoms with Crippen LogP contribution in [0, 0.1) is 5.41 Å². The van der Waals surface area contributed by atoms with Crippen molar-refractivity contribution in [1.82, 2.24) is 15.4 Å². The van der Waals surface area contributed by atoms with Crippen LogP contribution in [0.2, 0.25) is 0 Å². The molecule has 0 spiro atoms. The summed E-state index contributed by atoms with van der Waals surface area (Å²) in [6.07, 6.45) is 3.86. The van der Waals surface area contributed by atoms with Gasteiger partial charge in [0, 0.05) is 24.7 Å². The van der Waals surface area contributed by atoms with Crippen LogP contribution in [0.5, 0.6) is 0 Å². The van der Waals surface area contributed by atoms with Crippen LogP contribution in [0.4, 0.5) is 0 Å². The van der Waals surface area contributed by atoms with Gasteiger partial charge in [-0.3, -0.25) is 4.90 Å². The van der Waals surface area contributed by atoms with Crippen LogP contribution in [0.15, 0.2) is 10.6 Å². The Kier molecular flexibility index (Phi) is 5.10. The number of nitrogens with zero attached hydrogens (tertiary/aromatic N) is 2. The summed E-state index contributed by atoms with van der Waals surface area (Å²) in [6.45, 7) is 15.1. The SMILES string of the molecule is CCC1(CC)CCN(Cc2cc(CNC(C)(C)C)no2)C1. The molecular weight excluding hydrogens is 262 g/mol.